The van der Waals surface area contributed by atoms with Gasteiger partial charge in [0.1, 0.15) is 0 Å². The Bertz CT molecular complexity index is 598. The molecular formula is C17H18ClNOS. The van der Waals surface area contributed by atoms with Gasteiger partial charge in [-0.05, 0) is 42.0 Å². The molecule has 0 aliphatic heterocycles. The maximum absolute atomic E-state index is 12.1. The fraction of sp³-hybridized carbons (Fsp3) is 0.235. The largest absolute Gasteiger partial charge is 0.325 e. The van der Waals surface area contributed by atoms with Gasteiger partial charge in [0.15, 0.2) is 0 Å². The zero-order valence-electron chi connectivity index (χ0n) is 11.9. The van der Waals surface area contributed by atoms with E-state index in [-0.39, 0.29) is 5.91 Å². The predicted molar refractivity (Wildman–Crippen MR) is 91.2 cm³/mol. The molecule has 2 nitrogen and oxygen atoms in total. The zero-order chi connectivity index (χ0) is 15.1. The molecule has 0 saturated carbocycles. The Morgan fingerprint density at radius 3 is 2.57 bits per heavy atom. The van der Waals surface area contributed by atoms with Crippen LogP contribution >= 0.6 is 23.4 Å². The van der Waals surface area contributed by atoms with Gasteiger partial charge in [-0.2, -0.15) is 0 Å². The van der Waals surface area contributed by atoms with E-state index in [2.05, 4.69) is 12.2 Å². The van der Waals surface area contributed by atoms with E-state index < -0.39 is 0 Å². The number of aryl methyl sites for hydroxylation is 1. The molecule has 0 bridgehead atoms. The maximum atomic E-state index is 12.1. The topological polar surface area (TPSA) is 29.1 Å². The molecule has 1 amide bonds. The van der Waals surface area contributed by atoms with Crippen molar-refractivity contribution in [1.82, 2.24) is 0 Å². The molecule has 0 radical (unpaired) electrons. The minimum atomic E-state index is 0.0362. The van der Waals surface area contributed by atoms with Gasteiger partial charge >= 0.3 is 0 Å². The molecule has 0 fully saturated rings. The monoisotopic (exact) mass is 319 g/mol. The van der Waals surface area contributed by atoms with E-state index in [9.17, 15) is 4.79 Å². The summed E-state index contributed by atoms with van der Waals surface area (Å²) in [6, 6.07) is 15.5. The number of hydrogen-bond donors (Lipinski definition) is 1. The van der Waals surface area contributed by atoms with Crippen molar-refractivity contribution in [3.05, 3.63) is 59.1 Å². The highest BCUT2D eigenvalue weighted by Crippen LogP contribution is 2.26. The third-order valence-corrected chi connectivity index (χ3v) is 4.22. The zero-order valence-corrected chi connectivity index (χ0v) is 13.5. The fourth-order valence-corrected chi connectivity index (χ4v) is 2.86. The molecule has 21 heavy (non-hydrogen) atoms. The average Bonchev–Trinajstić information content (AvgIpc) is 2.49. The molecule has 0 aliphatic rings. The summed E-state index contributed by atoms with van der Waals surface area (Å²) < 4.78 is 0. The van der Waals surface area contributed by atoms with Gasteiger partial charge in [-0.1, -0.05) is 42.8 Å². The number of carbonyl (C=O) groups excluding carboxylic acids is 1. The average molecular weight is 320 g/mol. The molecule has 0 aromatic heterocycles. The molecule has 110 valence electrons. The Morgan fingerprint density at radius 2 is 1.86 bits per heavy atom. The number of amides is 1. The van der Waals surface area contributed by atoms with Crippen LogP contribution in [0.3, 0.4) is 0 Å². The molecule has 0 heterocycles. The summed E-state index contributed by atoms with van der Waals surface area (Å²) in [5.74, 6) is 1.02. The summed E-state index contributed by atoms with van der Waals surface area (Å²) in [5, 5.41) is 3.71. The number of anilines is 1. The van der Waals surface area contributed by atoms with Crippen LogP contribution in [0.25, 0.3) is 0 Å². The molecule has 0 aliphatic carbocycles. The van der Waals surface area contributed by atoms with Crippen LogP contribution in [0.5, 0.6) is 0 Å². The number of para-hydroxylation sites is 1. The predicted octanol–water partition coefficient (Wildman–Crippen LogP) is 5.02. The van der Waals surface area contributed by atoms with E-state index in [1.807, 2.05) is 48.5 Å². The summed E-state index contributed by atoms with van der Waals surface area (Å²) in [5.41, 5.74) is 2.01. The molecule has 2 aromatic rings. The number of carbonyl (C=O) groups is 1. The van der Waals surface area contributed by atoms with E-state index in [0.717, 1.165) is 21.9 Å². The molecule has 4 heteroatoms. The maximum Gasteiger partial charge on any atom is 0.224 e. The number of halogens is 1. The van der Waals surface area contributed by atoms with E-state index in [1.165, 1.54) is 0 Å². The van der Waals surface area contributed by atoms with Crippen molar-refractivity contribution in [1.29, 1.82) is 0 Å². The molecule has 2 aromatic carbocycles. The standard InChI is InChI=1S/C17H18ClNOS/c1-2-21-16-6-4-3-5-15(16)19-17(20)12-9-13-7-10-14(18)11-8-13/h3-8,10-11H,2,9,12H2,1H3,(H,19,20). The first-order valence-electron chi connectivity index (χ1n) is 6.95. The third kappa shape index (κ3) is 5.10. The van der Waals surface area contributed by atoms with Gasteiger partial charge < -0.3 is 5.32 Å². The number of benzene rings is 2. The third-order valence-electron chi connectivity index (χ3n) is 3.01. The number of thioether (sulfide) groups is 1. The van der Waals surface area contributed by atoms with Gasteiger partial charge in [0.05, 0.1) is 5.69 Å². The lowest BCUT2D eigenvalue weighted by molar-refractivity contribution is -0.116. The minimum absolute atomic E-state index is 0.0362. The Labute approximate surface area is 134 Å². The molecule has 1 N–H and O–H groups in total. The molecule has 0 atom stereocenters. The second-order valence-electron chi connectivity index (χ2n) is 4.60. The van der Waals surface area contributed by atoms with Gasteiger partial charge in [-0.3, -0.25) is 4.79 Å². The first kappa shape index (κ1) is 15.9. The van der Waals surface area contributed by atoms with Crippen LogP contribution < -0.4 is 5.32 Å². The smallest absolute Gasteiger partial charge is 0.224 e. The van der Waals surface area contributed by atoms with Gasteiger partial charge in [-0.25, -0.2) is 0 Å². The fourth-order valence-electron chi connectivity index (χ4n) is 1.97. The van der Waals surface area contributed by atoms with Crippen LogP contribution in [0.4, 0.5) is 5.69 Å². The highest BCUT2D eigenvalue weighted by atomic mass is 35.5. The van der Waals surface area contributed by atoms with Gasteiger partial charge in [-0.15, -0.1) is 11.8 Å². The normalized spacial score (nSPS) is 10.4. The molecular weight excluding hydrogens is 302 g/mol. The summed E-state index contributed by atoms with van der Waals surface area (Å²) in [6.45, 7) is 2.10. The second-order valence-corrected chi connectivity index (χ2v) is 6.35. The van der Waals surface area contributed by atoms with Crippen LogP contribution in [0, 0.1) is 0 Å². The van der Waals surface area contributed by atoms with Crippen LogP contribution in [-0.4, -0.2) is 11.7 Å². The first-order chi connectivity index (χ1) is 10.2. The SMILES string of the molecule is CCSc1ccccc1NC(=O)CCc1ccc(Cl)cc1. The first-order valence-corrected chi connectivity index (χ1v) is 8.31. The van der Waals surface area contributed by atoms with Crippen molar-refractivity contribution in [3.63, 3.8) is 0 Å². The minimum Gasteiger partial charge on any atom is -0.325 e. The van der Waals surface area contributed by atoms with Crippen LogP contribution in [-0.2, 0) is 11.2 Å². The van der Waals surface area contributed by atoms with Crippen molar-refractivity contribution in [2.75, 3.05) is 11.1 Å². The van der Waals surface area contributed by atoms with Crippen molar-refractivity contribution in [2.24, 2.45) is 0 Å². The lowest BCUT2D eigenvalue weighted by Crippen LogP contribution is -2.12. The van der Waals surface area contributed by atoms with Crippen molar-refractivity contribution in [2.45, 2.75) is 24.7 Å². The van der Waals surface area contributed by atoms with E-state index in [4.69, 9.17) is 11.6 Å². The van der Waals surface area contributed by atoms with E-state index >= 15 is 0 Å². The Hall–Kier alpha value is -1.45. The van der Waals surface area contributed by atoms with Crippen LogP contribution in [0.1, 0.15) is 18.9 Å². The van der Waals surface area contributed by atoms with E-state index in [0.29, 0.717) is 17.9 Å². The van der Waals surface area contributed by atoms with Gasteiger partial charge in [0.2, 0.25) is 5.91 Å². The summed E-state index contributed by atoms with van der Waals surface area (Å²) in [4.78, 5) is 13.2. The van der Waals surface area contributed by atoms with E-state index in [1.54, 1.807) is 11.8 Å². The highest BCUT2D eigenvalue weighted by molar-refractivity contribution is 7.99. The lowest BCUT2D eigenvalue weighted by atomic mass is 10.1. The summed E-state index contributed by atoms with van der Waals surface area (Å²) >= 11 is 7.58. The highest BCUT2D eigenvalue weighted by Gasteiger charge is 2.07. The quantitative estimate of drug-likeness (QED) is 0.757. The lowest BCUT2D eigenvalue weighted by Gasteiger charge is -2.10. The summed E-state index contributed by atoms with van der Waals surface area (Å²) in [7, 11) is 0. The molecule has 0 spiro atoms. The van der Waals surface area contributed by atoms with Crippen LogP contribution in [0.15, 0.2) is 53.4 Å². The number of hydrogen-bond acceptors (Lipinski definition) is 2. The van der Waals surface area contributed by atoms with Crippen LogP contribution in [0.2, 0.25) is 5.02 Å². The second kappa shape index (κ2) is 8.11. The number of nitrogens with one attached hydrogen (secondary N) is 1. The van der Waals surface area contributed by atoms with Gasteiger partial charge in [0, 0.05) is 16.3 Å². The van der Waals surface area contributed by atoms with Crippen molar-refractivity contribution >= 4 is 35.0 Å². The Balaban J connectivity index is 1.91. The molecule has 2 rings (SSSR count). The van der Waals surface area contributed by atoms with Gasteiger partial charge in [0.25, 0.3) is 0 Å². The molecule has 0 unspecified atom stereocenters. The van der Waals surface area contributed by atoms with Crippen molar-refractivity contribution in [3.8, 4) is 0 Å². The van der Waals surface area contributed by atoms with Crippen molar-refractivity contribution < 1.29 is 4.79 Å². The Morgan fingerprint density at radius 1 is 1.14 bits per heavy atom. The number of rotatable bonds is 6. The molecule has 0 saturated heterocycles. The Kier molecular flexibility index (Phi) is 6.15. The summed E-state index contributed by atoms with van der Waals surface area (Å²) in [6.07, 6.45) is 1.18.